The zero-order valence-corrected chi connectivity index (χ0v) is 23.8. The number of rotatable bonds is 11. The fourth-order valence-corrected chi connectivity index (χ4v) is 4.94. The van der Waals surface area contributed by atoms with Crippen molar-refractivity contribution in [2.24, 2.45) is 0 Å². The van der Waals surface area contributed by atoms with Crippen molar-refractivity contribution >= 4 is 52.2 Å². The summed E-state index contributed by atoms with van der Waals surface area (Å²) in [4.78, 5) is 51.5. The van der Waals surface area contributed by atoms with Crippen LogP contribution in [0.3, 0.4) is 0 Å². The molecule has 9 nitrogen and oxygen atoms in total. The van der Waals surface area contributed by atoms with Crippen molar-refractivity contribution in [2.75, 3.05) is 30.4 Å². The maximum Gasteiger partial charge on any atom is 0.294 e. The van der Waals surface area contributed by atoms with Gasteiger partial charge in [-0.2, -0.15) is 0 Å². The molecule has 10 heteroatoms. The lowest BCUT2D eigenvalue weighted by Crippen LogP contribution is -2.36. The van der Waals surface area contributed by atoms with Crippen LogP contribution in [0.1, 0.15) is 37.8 Å². The molecule has 0 unspecified atom stereocenters. The van der Waals surface area contributed by atoms with E-state index >= 15 is 0 Å². The molecule has 41 heavy (non-hydrogen) atoms. The largest absolute Gasteiger partial charge is 0.490 e. The molecule has 0 aliphatic carbocycles. The molecule has 3 aromatic rings. The van der Waals surface area contributed by atoms with Crippen molar-refractivity contribution in [2.45, 2.75) is 26.7 Å². The highest BCUT2D eigenvalue weighted by Crippen LogP contribution is 2.35. The lowest BCUT2D eigenvalue weighted by Gasteiger charge is -2.15. The lowest BCUT2D eigenvalue weighted by atomic mass is 10.0. The number of imide groups is 1. The molecule has 0 radical (unpaired) electrons. The van der Waals surface area contributed by atoms with Gasteiger partial charge < -0.3 is 20.1 Å². The predicted molar refractivity (Wildman–Crippen MR) is 160 cm³/mol. The molecular weight excluding hydrogens is 542 g/mol. The highest BCUT2D eigenvalue weighted by atomic mass is 32.2. The summed E-state index contributed by atoms with van der Waals surface area (Å²) in [6.45, 7) is 5.66. The van der Waals surface area contributed by atoms with Gasteiger partial charge in [-0.3, -0.25) is 24.1 Å². The van der Waals surface area contributed by atoms with Crippen LogP contribution in [0.5, 0.6) is 11.5 Å². The van der Waals surface area contributed by atoms with E-state index < -0.39 is 23.6 Å². The normalized spacial score (nSPS) is 14.0. The number of para-hydroxylation sites is 2. The van der Waals surface area contributed by atoms with Crippen molar-refractivity contribution in [3.05, 3.63) is 88.8 Å². The Morgan fingerprint density at radius 1 is 0.902 bits per heavy atom. The molecule has 1 heterocycles. The van der Waals surface area contributed by atoms with E-state index in [0.717, 1.165) is 27.9 Å². The maximum atomic E-state index is 12.9. The molecule has 0 saturated carbocycles. The van der Waals surface area contributed by atoms with E-state index in [4.69, 9.17) is 9.47 Å². The number of nitrogens with zero attached hydrogens (tertiary/aromatic N) is 1. The highest BCUT2D eigenvalue weighted by Gasteiger charge is 2.36. The molecule has 2 N–H and O–H groups in total. The van der Waals surface area contributed by atoms with Crippen LogP contribution in [0.4, 0.5) is 16.2 Å². The van der Waals surface area contributed by atoms with Crippen LogP contribution in [0.25, 0.3) is 6.08 Å². The Hall–Kier alpha value is -4.57. The Kier molecular flexibility index (Phi) is 9.81. The molecule has 1 fully saturated rings. The molecule has 0 bridgehead atoms. The van der Waals surface area contributed by atoms with E-state index in [0.29, 0.717) is 29.4 Å². The van der Waals surface area contributed by atoms with Crippen molar-refractivity contribution in [1.82, 2.24) is 4.90 Å². The molecule has 3 aromatic carbocycles. The topological polar surface area (TPSA) is 114 Å². The smallest absolute Gasteiger partial charge is 0.294 e. The molecule has 1 aliphatic heterocycles. The predicted octanol–water partition coefficient (Wildman–Crippen LogP) is 5.90. The Morgan fingerprint density at radius 2 is 1.63 bits per heavy atom. The monoisotopic (exact) mass is 573 g/mol. The van der Waals surface area contributed by atoms with Crippen LogP contribution >= 0.6 is 11.8 Å². The van der Waals surface area contributed by atoms with Gasteiger partial charge in [0, 0.05) is 11.4 Å². The molecule has 0 atom stereocenters. The average molecular weight is 574 g/mol. The SMILES string of the molecule is CCOc1cc(/C=C2\SC(=O)N(CC(=O)Nc3ccccc3)C2=O)ccc1OCC(=O)Nc1ccccc1C(C)C. The first-order valence-corrected chi connectivity index (χ1v) is 14.0. The summed E-state index contributed by atoms with van der Waals surface area (Å²) in [7, 11) is 0. The summed E-state index contributed by atoms with van der Waals surface area (Å²) in [5.74, 6) is -0.344. The Morgan fingerprint density at radius 3 is 2.37 bits per heavy atom. The van der Waals surface area contributed by atoms with Crippen molar-refractivity contribution in [3.63, 3.8) is 0 Å². The molecule has 0 aromatic heterocycles. The number of amides is 4. The van der Waals surface area contributed by atoms with Gasteiger partial charge in [0.15, 0.2) is 18.1 Å². The van der Waals surface area contributed by atoms with Gasteiger partial charge in [-0.05, 0) is 72.1 Å². The third-order valence-electron chi connectivity index (χ3n) is 6.01. The zero-order valence-electron chi connectivity index (χ0n) is 23.0. The second-order valence-electron chi connectivity index (χ2n) is 9.40. The number of carbonyl (C=O) groups is 4. The van der Waals surface area contributed by atoms with Crippen LogP contribution in [-0.2, 0) is 14.4 Å². The van der Waals surface area contributed by atoms with E-state index in [1.165, 1.54) is 0 Å². The quantitative estimate of drug-likeness (QED) is 0.275. The van der Waals surface area contributed by atoms with Gasteiger partial charge in [-0.1, -0.05) is 56.3 Å². The van der Waals surface area contributed by atoms with E-state index in [9.17, 15) is 19.2 Å². The van der Waals surface area contributed by atoms with E-state index in [-0.39, 0.29) is 23.3 Å². The first-order chi connectivity index (χ1) is 19.7. The van der Waals surface area contributed by atoms with E-state index in [1.54, 1.807) is 48.5 Å². The van der Waals surface area contributed by atoms with Gasteiger partial charge in [0.05, 0.1) is 11.5 Å². The molecule has 4 rings (SSSR count). The fraction of sp³-hybridized carbons (Fsp3) is 0.226. The van der Waals surface area contributed by atoms with Crippen LogP contribution in [-0.4, -0.2) is 47.6 Å². The fourth-order valence-electron chi connectivity index (χ4n) is 4.10. The number of benzene rings is 3. The van der Waals surface area contributed by atoms with E-state index in [1.807, 2.05) is 37.3 Å². The van der Waals surface area contributed by atoms with Gasteiger partial charge in [0.25, 0.3) is 17.1 Å². The zero-order chi connectivity index (χ0) is 29.4. The van der Waals surface area contributed by atoms with E-state index in [2.05, 4.69) is 24.5 Å². The summed E-state index contributed by atoms with van der Waals surface area (Å²) in [5.41, 5.74) is 2.93. The standard InChI is InChI=1S/C31H31N3O6S/c1-4-39-26-16-21(14-15-25(26)40-19-29(36)33-24-13-9-8-12-23(24)20(2)3)17-27-30(37)34(31(38)41-27)18-28(35)32-22-10-6-5-7-11-22/h5-17,20H,4,18-19H2,1-3H3,(H,32,35)(H,33,36)/b27-17-. The third kappa shape index (κ3) is 7.76. The summed E-state index contributed by atoms with van der Waals surface area (Å²) in [6.07, 6.45) is 1.56. The maximum absolute atomic E-state index is 12.9. The molecule has 1 saturated heterocycles. The number of hydrogen-bond donors (Lipinski definition) is 2. The van der Waals surface area contributed by atoms with Crippen molar-refractivity contribution in [3.8, 4) is 11.5 Å². The first-order valence-electron chi connectivity index (χ1n) is 13.1. The second kappa shape index (κ2) is 13.7. The summed E-state index contributed by atoms with van der Waals surface area (Å²) >= 11 is 0.760. The van der Waals surface area contributed by atoms with Crippen LogP contribution in [0.2, 0.25) is 0 Å². The number of anilines is 2. The minimum atomic E-state index is -0.556. The van der Waals surface area contributed by atoms with Crippen LogP contribution in [0, 0.1) is 0 Å². The number of hydrogen-bond acceptors (Lipinski definition) is 7. The molecular formula is C31H31N3O6S. The number of ether oxygens (including phenoxy) is 2. The van der Waals surface area contributed by atoms with Gasteiger partial charge in [0.2, 0.25) is 5.91 Å². The van der Waals surface area contributed by atoms with Gasteiger partial charge in [0.1, 0.15) is 6.54 Å². The van der Waals surface area contributed by atoms with Crippen LogP contribution < -0.4 is 20.1 Å². The van der Waals surface area contributed by atoms with Crippen molar-refractivity contribution in [1.29, 1.82) is 0 Å². The molecule has 0 spiro atoms. The lowest BCUT2D eigenvalue weighted by molar-refractivity contribution is -0.127. The minimum Gasteiger partial charge on any atom is -0.490 e. The number of carbonyl (C=O) groups excluding carboxylic acids is 4. The Bertz CT molecular complexity index is 1470. The minimum absolute atomic E-state index is 0.182. The van der Waals surface area contributed by atoms with Gasteiger partial charge in [-0.25, -0.2) is 0 Å². The van der Waals surface area contributed by atoms with Crippen molar-refractivity contribution < 1.29 is 28.7 Å². The van der Waals surface area contributed by atoms with Gasteiger partial charge in [-0.15, -0.1) is 0 Å². The number of thioether (sulfide) groups is 1. The van der Waals surface area contributed by atoms with Crippen LogP contribution in [0.15, 0.2) is 77.7 Å². The summed E-state index contributed by atoms with van der Waals surface area (Å²) in [5, 5.41) is 5.04. The molecule has 1 aliphatic rings. The average Bonchev–Trinajstić information content (AvgIpc) is 3.20. The number of nitrogens with one attached hydrogen (secondary N) is 2. The Balaban J connectivity index is 1.41. The highest BCUT2D eigenvalue weighted by molar-refractivity contribution is 8.18. The van der Waals surface area contributed by atoms with Gasteiger partial charge >= 0.3 is 0 Å². The second-order valence-corrected chi connectivity index (χ2v) is 10.4. The third-order valence-corrected chi connectivity index (χ3v) is 6.92. The first kappa shape index (κ1) is 29.4. The summed E-state index contributed by atoms with van der Waals surface area (Å²) < 4.78 is 11.5. The summed E-state index contributed by atoms with van der Waals surface area (Å²) in [6, 6.07) is 21.4. The Labute approximate surface area is 242 Å². The molecule has 212 valence electrons. The molecule has 4 amide bonds.